The van der Waals surface area contributed by atoms with Crippen molar-refractivity contribution >= 4 is 35.6 Å². The number of alkyl halides is 3. The van der Waals surface area contributed by atoms with E-state index in [2.05, 4.69) is 21.8 Å². The van der Waals surface area contributed by atoms with Crippen LogP contribution in [0.4, 0.5) is 18.9 Å². The van der Waals surface area contributed by atoms with Gasteiger partial charge in [0.1, 0.15) is 0 Å². The molecule has 8 heteroatoms. The number of anilines is 1. The Morgan fingerprint density at radius 2 is 1.96 bits per heavy atom. The minimum atomic E-state index is -4.31. The third-order valence-corrected chi connectivity index (χ3v) is 3.73. The highest BCUT2D eigenvalue weighted by Crippen LogP contribution is 2.31. The summed E-state index contributed by atoms with van der Waals surface area (Å²) in [5, 5.41) is 3.16. The summed E-state index contributed by atoms with van der Waals surface area (Å²) in [6.45, 7) is 6.98. The summed E-state index contributed by atoms with van der Waals surface area (Å²) < 4.78 is 38.4. The molecule has 0 bridgehead atoms. The molecule has 1 aromatic carbocycles. The Labute approximate surface area is 157 Å². The lowest BCUT2D eigenvalue weighted by molar-refractivity contribution is -0.137. The molecule has 0 saturated carbocycles. The van der Waals surface area contributed by atoms with Crippen LogP contribution in [0.5, 0.6) is 0 Å². The van der Waals surface area contributed by atoms with Gasteiger partial charge < -0.3 is 15.1 Å². The van der Waals surface area contributed by atoms with Crippen LogP contribution in [0.25, 0.3) is 0 Å². The van der Waals surface area contributed by atoms with Crippen molar-refractivity contribution in [3.8, 4) is 0 Å². The first-order chi connectivity index (χ1) is 11.0. The first kappa shape index (κ1) is 20.6. The highest BCUT2D eigenvalue weighted by molar-refractivity contribution is 14.0. The molecule has 1 heterocycles. The average molecular weight is 454 g/mol. The molecule has 1 N–H and O–H groups in total. The predicted octanol–water partition coefficient (Wildman–Crippen LogP) is 3.21. The number of hydrogen-bond acceptors (Lipinski definition) is 2. The maximum Gasteiger partial charge on any atom is 0.416 e. The quantitative estimate of drug-likeness (QED) is 0.330. The van der Waals surface area contributed by atoms with E-state index in [1.165, 1.54) is 12.1 Å². The van der Waals surface area contributed by atoms with Crippen molar-refractivity contribution in [1.29, 1.82) is 0 Å². The van der Waals surface area contributed by atoms with E-state index in [0.29, 0.717) is 38.4 Å². The minimum Gasteiger partial charge on any atom is -0.368 e. The van der Waals surface area contributed by atoms with Crippen molar-refractivity contribution in [3.63, 3.8) is 0 Å². The SMILES string of the molecule is C=CCNC(=NC)N1CCN(c2cccc(C(F)(F)F)c2)CC1.I. The van der Waals surface area contributed by atoms with Crippen LogP contribution in [0.3, 0.4) is 0 Å². The van der Waals surface area contributed by atoms with Gasteiger partial charge in [-0.15, -0.1) is 30.6 Å². The third kappa shape index (κ3) is 5.29. The molecule has 0 radical (unpaired) electrons. The topological polar surface area (TPSA) is 30.9 Å². The van der Waals surface area contributed by atoms with Gasteiger partial charge in [-0.25, -0.2) is 0 Å². The lowest BCUT2D eigenvalue weighted by Gasteiger charge is -2.37. The highest BCUT2D eigenvalue weighted by Gasteiger charge is 2.31. The smallest absolute Gasteiger partial charge is 0.368 e. The van der Waals surface area contributed by atoms with Gasteiger partial charge in [0, 0.05) is 45.5 Å². The molecule has 134 valence electrons. The van der Waals surface area contributed by atoms with Crippen LogP contribution in [0.2, 0.25) is 0 Å². The number of rotatable bonds is 3. The monoisotopic (exact) mass is 454 g/mol. The summed E-state index contributed by atoms with van der Waals surface area (Å²) in [4.78, 5) is 8.27. The average Bonchev–Trinajstić information content (AvgIpc) is 2.55. The summed E-state index contributed by atoms with van der Waals surface area (Å²) in [6, 6.07) is 5.48. The summed E-state index contributed by atoms with van der Waals surface area (Å²) in [7, 11) is 1.71. The molecular weight excluding hydrogens is 432 g/mol. The molecule has 0 unspecified atom stereocenters. The minimum absolute atomic E-state index is 0. The third-order valence-electron chi connectivity index (χ3n) is 3.73. The van der Waals surface area contributed by atoms with Gasteiger partial charge in [-0.3, -0.25) is 4.99 Å². The lowest BCUT2D eigenvalue weighted by atomic mass is 10.1. The highest BCUT2D eigenvalue weighted by atomic mass is 127. The summed E-state index contributed by atoms with van der Waals surface area (Å²) in [5.41, 5.74) is -0.00518. The van der Waals surface area contributed by atoms with Crippen LogP contribution in [0.1, 0.15) is 5.56 Å². The maximum absolute atomic E-state index is 12.8. The molecule has 0 aliphatic carbocycles. The van der Waals surface area contributed by atoms with Crippen molar-refractivity contribution in [2.24, 2.45) is 4.99 Å². The second-order valence-electron chi connectivity index (χ2n) is 5.24. The number of guanidine groups is 1. The van der Waals surface area contributed by atoms with E-state index in [0.717, 1.165) is 12.0 Å². The number of piperazine rings is 1. The Morgan fingerprint density at radius 1 is 1.29 bits per heavy atom. The zero-order valence-corrected chi connectivity index (χ0v) is 15.8. The van der Waals surface area contributed by atoms with E-state index in [9.17, 15) is 13.2 Å². The summed E-state index contributed by atoms with van der Waals surface area (Å²) in [6.07, 6.45) is -2.56. The molecule has 0 spiro atoms. The second kappa shape index (κ2) is 9.14. The van der Waals surface area contributed by atoms with Gasteiger partial charge in [0.2, 0.25) is 0 Å². The standard InChI is InChI=1S/C16H21F3N4.HI/c1-3-7-21-15(20-2)23-10-8-22(9-11-23)14-6-4-5-13(12-14)16(17,18)19;/h3-6,12H,1,7-11H2,2H3,(H,20,21);1H. The molecule has 1 saturated heterocycles. The first-order valence-electron chi connectivity index (χ1n) is 7.44. The van der Waals surface area contributed by atoms with Gasteiger partial charge in [-0.2, -0.15) is 13.2 Å². The molecule has 24 heavy (non-hydrogen) atoms. The predicted molar refractivity (Wildman–Crippen MR) is 102 cm³/mol. The van der Waals surface area contributed by atoms with Gasteiger partial charge >= 0.3 is 6.18 Å². The Bertz CT molecular complexity index is 567. The molecule has 1 aliphatic rings. The molecule has 0 amide bonds. The van der Waals surface area contributed by atoms with E-state index < -0.39 is 11.7 Å². The second-order valence-corrected chi connectivity index (χ2v) is 5.24. The molecular formula is C16H22F3IN4. The van der Waals surface area contributed by atoms with Crippen LogP contribution in [-0.4, -0.2) is 50.6 Å². The van der Waals surface area contributed by atoms with Gasteiger partial charge in [-0.05, 0) is 18.2 Å². The van der Waals surface area contributed by atoms with Crippen molar-refractivity contribution in [2.75, 3.05) is 44.7 Å². The number of aliphatic imine (C=N–C) groups is 1. The van der Waals surface area contributed by atoms with Gasteiger partial charge in [0.25, 0.3) is 0 Å². The zero-order chi connectivity index (χ0) is 16.9. The summed E-state index contributed by atoms with van der Waals surface area (Å²) in [5.74, 6) is 0.786. The van der Waals surface area contributed by atoms with Gasteiger partial charge in [0.05, 0.1) is 5.56 Å². The molecule has 0 atom stereocenters. The van der Waals surface area contributed by atoms with Crippen molar-refractivity contribution in [2.45, 2.75) is 6.18 Å². The Balaban J connectivity index is 0.00000288. The van der Waals surface area contributed by atoms with Crippen molar-refractivity contribution in [1.82, 2.24) is 10.2 Å². The fourth-order valence-corrected chi connectivity index (χ4v) is 2.55. The maximum atomic E-state index is 12.8. The fraction of sp³-hybridized carbons (Fsp3) is 0.438. The van der Waals surface area contributed by atoms with E-state index in [1.807, 2.05) is 4.90 Å². The number of nitrogens with one attached hydrogen (secondary N) is 1. The van der Waals surface area contributed by atoms with Crippen LogP contribution in [0.15, 0.2) is 41.9 Å². The Hall–Kier alpha value is -1.45. The van der Waals surface area contributed by atoms with E-state index in [1.54, 1.807) is 19.2 Å². The largest absolute Gasteiger partial charge is 0.416 e. The van der Waals surface area contributed by atoms with Gasteiger partial charge in [-0.1, -0.05) is 12.1 Å². The van der Waals surface area contributed by atoms with Crippen LogP contribution < -0.4 is 10.2 Å². The normalized spacial score (nSPS) is 15.8. The molecule has 4 nitrogen and oxygen atoms in total. The molecule has 0 aromatic heterocycles. The van der Waals surface area contributed by atoms with Crippen molar-refractivity contribution in [3.05, 3.63) is 42.5 Å². The van der Waals surface area contributed by atoms with Crippen LogP contribution in [-0.2, 0) is 6.18 Å². The van der Waals surface area contributed by atoms with E-state index in [-0.39, 0.29) is 24.0 Å². The van der Waals surface area contributed by atoms with Crippen LogP contribution in [0, 0.1) is 0 Å². The van der Waals surface area contributed by atoms with Crippen molar-refractivity contribution < 1.29 is 13.2 Å². The number of nitrogens with zero attached hydrogens (tertiary/aromatic N) is 3. The molecule has 1 aromatic rings. The Morgan fingerprint density at radius 3 is 2.50 bits per heavy atom. The lowest BCUT2D eigenvalue weighted by Crippen LogP contribution is -2.52. The van der Waals surface area contributed by atoms with E-state index >= 15 is 0 Å². The zero-order valence-electron chi connectivity index (χ0n) is 13.5. The first-order valence-corrected chi connectivity index (χ1v) is 7.44. The number of hydrogen-bond donors (Lipinski definition) is 1. The Kier molecular flexibility index (Phi) is 7.85. The molecule has 1 fully saturated rings. The number of benzene rings is 1. The fourth-order valence-electron chi connectivity index (χ4n) is 2.55. The number of halogens is 4. The summed E-state index contributed by atoms with van der Waals surface area (Å²) >= 11 is 0. The molecule has 1 aliphatic heterocycles. The van der Waals surface area contributed by atoms with Crippen LogP contribution >= 0.6 is 24.0 Å². The van der Waals surface area contributed by atoms with E-state index in [4.69, 9.17) is 0 Å². The van der Waals surface area contributed by atoms with Gasteiger partial charge in [0.15, 0.2) is 5.96 Å². The molecule has 2 rings (SSSR count).